The van der Waals surface area contributed by atoms with Crippen LogP contribution in [0.2, 0.25) is 0 Å². The Labute approximate surface area is 152 Å². The molecular formula is C20H24N2O2S. The average molecular weight is 356 g/mol. The number of hydrogen-bond donors (Lipinski definition) is 1. The number of nitrogens with one attached hydrogen (secondary N) is 1. The van der Waals surface area contributed by atoms with E-state index in [1.54, 1.807) is 11.3 Å². The fraction of sp³-hybridized carbons (Fsp3) is 0.450. The highest BCUT2D eigenvalue weighted by Gasteiger charge is 2.25. The van der Waals surface area contributed by atoms with Gasteiger partial charge >= 0.3 is 0 Å². The van der Waals surface area contributed by atoms with Crippen LogP contribution in [0.15, 0.2) is 30.3 Å². The molecule has 0 saturated carbocycles. The number of thiophene rings is 1. The minimum atomic E-state index is 0.0554. The summed E-state index contributed by atoms with van der Waals surface area (Å²) < 4.78 is 5.80. The predicted molar refractivity (Wildman–Crippen MR) is 101 cm³/mol. The quantitative estimate of drug-likeness (QED) is 0.906. The van der Waals surface area contributed by atoms with Crippen molar-refractivity contribution in [2.75, 3.05) is 13.1 Å². The molecule has 1 amide bonds. The number of carbonyl (C=O) groups is 1. The number of ether oxygens (including phenoxy) is 1. The monoisotopic (exact) mass is 356 g/mol. The molecule has 1 fully saturated rings. The molecule has 0 atom stereocenters. The van der Waals surface area contributed by atoms with Crippen LogP contribution in [0.25, 0.3) is 10.4 Å². The van der Waals surface area contributed by atoms with Gasteiger partial charge in [-0.1, -0.05) is 12.1 Å². The number of hydrogen-bond acceptors (Lipinski definition) is 4. The minimum Gasteiger partial charge on any atom is -0.488 e. The first-order valence-corrected chi connectivity index (χ1v) is 9.83. The highest BCUT2D eigenvalue weighted by Crippen LogP contribution is 2.42. The van der Waals surface area contributed by atoms with E-state index >= 15 is 0 Å². The number of likely N-dealkylation sites (tertiary alicyclic amines) is 1. The van der Waals surface area contributed by atoms with Crippen molar-refractivity contribution in [1.82, 2.24) is 10.2 Å². The van der Waals surface area contributed by atoms with Crippen LogP contribution in [0.4, 0.5) is 0 Å². The van der Waals surface area contributed by atoms with E-state index in [-0.39, 0.29) is 11.9 Å². The molecule has 132 valence electrons. The van der Waals surface area contributed by atoms with Crippen molar-refractivity contribution in [2.45, 2.75) is 45.4 Å². The molecule has 2 aromatic rings. The zero-order valence-corrected chi connectivity index (χ0v) is 15.6. The normalized spacial score (nSPS) is 17.7. The van der Waals surface area contributed by atoms with E-state index in [9.17, 15) is 4.79 Å². The van der Waals surface area contributed by atoms with Gasteiger partial charge in [0.25, 0.3) is 5.91 Å². The van der Waals surface area contributed by atoms with Crippen molar-refractivity contribution < 1.29 is 9.53 Å². The second-order valence-electron chi connectivity index (χ2n) is 7.13. The zero-order valence-electron chi connectivity index (χ0n) is 14.7. The fourth-order valence-electron chi connectivity index (χ4n) is 3.63. The molecule has 3 heterocycles. The van der Waals surface area contributed by atoms with Crippen molar-refractivity contribution in [3.05, 3.63) is 40.8 Å². The summed E-state index contributed by atoms with van der Waals surface area (Å²) in [5, 5.41) is 3.23. The molecule has 1 aromatic carbocycles. The van der Waals surface area contributed by atoms with Gasteiger partial charge in [-0.05, 0) is 44.9 Å². The van der Waals surface area contributed by atoms with E-state index in [2.05, 4.69) is 30.1 Å². The van der Waals surface area contributed by atoms with Crippen LogP contribution < -0.4 is 10.1 Å². The zero-order chi connectivity index (χ0) is 17.4. The first kappa shape index (κ1) is 16.6. The van der Waals surface area contributed by atoms with Gasteiger partial charge in [0.15, 0.2) is 0 Å². The lowest BCUT2D eigenvalue weighted by Crippen LogP contribution is -2.46. The van der Waals surface area contributed by atoms with Crippen molar-refractivity contribution in [3.8, 4) is 16.2 Å². The van der Waals surface area contributed by atoms with Gasteiger partial charge in [0.1, 0.15) is 12.4 Å². The van der Waals surface area contributed by atoms with Crippen molar-refractivity contribution in [3.63, 3.8) is 0 Å². The minimum absolute atomic E-state index is 0.0554. The predicted octanol–water partition coefficient (Wildman–Crippen LogP) is 3.91. The molecule has 0 aliphatic carbocycles. The van der Waals surface area contributed by atoms with Gasteiger partial charge in [-0.25, -0.2) is 0 Å². The largest absolute Gasteiger partial charge is 0.488 e. The molecule has 4 rings (SSSR count). The lowest BCUT2D eigenvalue weighted by atomic mass is 10.0. The van der Waals surface area contributed by atoms with E-state index in [0.717, 1.165) is 47.7 Å². The third kappa shape index (κ3) is 3.31. The van der Waals surface area contributed by atoms with Crippen molar-refractivity contribution in [1.29, 1.82) is 0 Å². The number of rotatable bonds is 3. The summed E-state index contributed by atoms with van der Waals surface area (Å²) in [6, 6.07) is 10.9. The molecule has 0 unspecified atom stereocenters. The third-order valence-electron chi connectivity index (χ3n) is 5.14. The van der Waals surface area contributed by atoms with E-state index < -0.39 is 0 Å². The Bertz CT molecular complexity index is 776. The molecule has 0 bridgehead atoms. The summed E-state index contributed by atoms with van der Waals surface area (Å²) in [6.45, 7) is 7.13. The number of benzene rings is 1. The maximum Gasteiger partial charge on any atom is 0.261 e. The smallest absolute Gasteiger partial charge is 0.261 e. The second kappa shape index (κ2) is 6.81. The number of amides is 1. The summed E-state index contributed by atoms with van der Waals surface area (Å²) in [5.41, 5.74) is 2.21. The maximum atomic E-state index is 12.7. The van der Waals surface area contributed by atoms with Gasteiger partial charge in [0, 0.05) is 41.2 Å². The van der Waals surface area contributed by atoms with Crippen molar-refractivity contribution >= 4 is 17.2 Å². The van der Waals surface area contributed by atoms with Gasteiger partial charge in [-0.2, -0.15) is 0 Å². The van der Waals surface area contributed by atoms with Gasteiger partial charge in [-0.3, -0.25) is 4.79 Å². The molecule has 1 saturated heterocycles. The van der Waals surface area contributed by atoms with Crippen LogP contribution >= 0.6 is 11.3 Å². The molecule has 0 radical (unpaired) electrons. The van der Waals surface area contributed by atoms with E-state index in [1.807, 2.05) is 24.3 Å². The van der Waals surface area contributed by atoms with Crippen LogP contribution in [0.1, 0.15) is 41.9 Å². The third-order valence-corrected chi connectivity index (χ3v) is 6.35. The number of carbonyl (C=O) groups excluding carboxylic acids is 1. The van der Waals surface area contributed by atoms with Gasteiger partial charge in [-0.15, -0.1) is 11.3 Å². The Hall–Kier alpha value is -1.85. The number of nitrogens with zero attached hydrogens (tertiary/aromatic N) is 1. The first-order chi connectivity index (χ1) is 12.1. The molecule has 2 aliphatic heterocycles. The van der Waals surface area contributed by atoms with Gasteiger partial charge < -0.3 is 15.0 Å². The highest BCUT2D eigenvalue weighted by molar-refractivity contribution is 7.17. The molecule has 0 spiro atoms. The van der Waals surface area contributed by atoms with E-state index in [1.165, 1.54) is 4.88 Å². The molecule has 5 heteroatoms. The van der Waals surface area contributed by atoms with Gasteiger partial charge in [0.05, 0.1) is 4.88 Å². The van der Waals surface area contributed by atoms with Crippen molar-refractivity contribution in [2.24, 2.45) is 0 Å². The SMILES string of the molecule is CC(C)N1CCC(NC(=O)c2cc3c(s2)-c2ccccc2OC3)CC1. The number of para-hydroxylation sites is 1. The van der Waals surface area contributed by atoms with Crippen LogP contribution in [-0.2, 0) is 6.61 Å². The van der Waals surface area contributed by atoms with Gasteiger partial charge in [0.2, 0.25) is 0 Å². The Morgan fingerprint density at radius 2 is 2.04 bits per heavy atom. The first-order valence-electron chi connectivity index (χ1n) is 9.01. The summed E-state index contributed by atoms with van der Waals surface area (Å²) in [6.07, 6.45) is 2.06. The lowest BCUT2D eigenvalue weighted by molar-refractivity contribution is 0.0904. The molecule has 1 N–H and O–H groups in total. The number of piperidine rings is 1. The topological polar surface area (TPSA) is 41.6 Å². The Kier molecular flexibility index (Phi) is 4.52. The molecule has 2 aliphatic rings. The van der Waals surface area contributed by atoms with Crippen LogP contribution in [0.5, 0.6) is 5.75 Å². The van der Waals surface area contributed by atoms with E-state index in [4.69, 9.17) is 4.74 Å². The van der Waals surface area contributed by atoms with Crippen LogP contribution in [-0.4, -0.2) is 36.0 Å². The Morgan fingerprint density at radius 3 is 2.80 bits per heavy atom. The fourth-order valence-corrected chi connectivity index (χ4v) is 4.73. The standard InChI is InChI=1S/C20H24N2O2S/c1-13(2)22-9-7-15(8-10-22)21-20(23)18-11-14-12-24-17-6-4-3-5-16(17)19(14)25-18/h3-6,11,13,15H,7-10,12H2,1-2H3,(H,21,23). The molecular weight excluding hydrogens is 332 g/mol. The highest BCUT2D eigenvalue weighted by atomic mass is 32.1. The van der Waals surface area contributed by atoms with Crippen LogP contribution in [0.3, 0.4) is 0 Å². The average Bonchev–Trinajstić information content (AvgIpc) is 3.07. The summed E-state index contributed by atoms with van der Waals surface area (Å²) in [5.74, 6) is 0.963. The Morgan fingerprint density at radius 1 is 1.28 bits per heavy atom. The van der Waals surface area contributed by atoms with E-state index in [0.29, 0.717) is 12.6 Å². The molecule has 4 nitrogen and oxygen atoms in total. The summed E-state index contributed by atoms with van der Waals surface area (Å²) in [4.78, 5) is 17.1. The molecule has 1 aromatic heterocycles. The lowest BCUT2D eigenvalue weighted by Gasteiger charge is -2.34. The number of fused-ring (bicyclic) bond motifs is 3. The van der Waals surface area contributed by atoms with Crippen LogP contribution in [0, 0.1) is 0 Å². The molecule has 25 heavy (non-hydrogen) atoms. The maximum absolute atomic E-state index is 12.7. The second-order valence-corrected chi connectivity index (χ2v) is 8.18. The summed E-state index contributed by atoms with van der Waals surface area (Å²) >= 11 is 1.58. The summed E-state index contributed by atoms with van der Waals surface area (Å²) in [7, 11) is 0. The Balaban J connectivity index is 1.45.